The lowest BCUT2D eigenvalue weighted by molar-refractivity contribution is 0.0690. The van der Waals surface area contributed by atoms with Gasteiger partial charge in [0.2, 0.25) is 0 Å². The predicted octanol–water partition coefficient (Wildman–Crippen LogP) is 2.43. The molecule has 110 valence electrons. The first-order chi connectivity index (χ1) is 9.97. The molecule has 0 aliphatic rings. The van der Waals surface area contributed by atoms with Crippen molar-refractivity contribution in [1.29, 1.82) is 0 Å². The van der Waals surface area contributed by atoms with Crippen molar-refractivity contribution in [3.05, 3.63) is 51.5 Å². The SMILES string of the molecule is O=C(O)c1cn(CCNC(=O)c2ccc(Br)cc2Cl)cn1. The minimum absolute atomic E-state index is 0.0303. The fourth-order valence-corrected chi connectivity index (χ4v) is 2.42. The molecule has 6 nitrogen and oxygen atoms in total. The monoisotopic (exact) mass is 371 g/mol. The number of rotatable bonds is 5. The maximum Gasteiger partial charge on any atom is 0.356 e. The Morgan fingerprint density at radius 1 is 1.43 bits per heavy atom. The van der Waals surface area contributed by atoms with Crippen LogP contribution < -0.4 is 5.32 Å². The lowest BCUT2D eigenvalue weighted by Crippen LogP contribution is -2.27. The van der Waals surface area contributed by atoms with Crippen molar-refractivity contribution >= 4 is 39.4 Å². The first kappa shape index (κ1) is 15.5. The molecule has 0 aliphatic heterocycles. The van der Waals surface area contributed by atoms with Gasteiger partial charge in [0.05, 0.1) is 16.9 Å². The van der Waals surface area contributed by atoms with Crippen molar-refractivity contribution in [2.45, 2.75) is 6.54 Å². The highest BCUT2D eigenvalue weighted by Crippen LogP contribution is 2.21. The van der Waals surface area contributed by atoms with Gasteiger partial charge in [0, 0.05) is 23.8 Å². The van der Waals surface area contributed by atoms with Gasteiger partial charge in [0.25, 0.3) is 5.91 Å². The van der Waals surface area contributed by atoms with Crippen LogP contribution in [-0.4, -0.2) is 33.1 Å². The molecule has 0 saturated carbocycles. The molecule has 21 heavy (non-hydrogen) atoms. The molecular weight excluding hydrogens is 362 g/mol. The quantitative estimate of drug-likeness (QED) is 0.844. The van der Waals surface area contributed by atoms with Crippen molar-refractivity contribution in [3.8, 4) is 0 Å². The summed E-state index contributed by atoms with van der Waals surface area (Å²) in [5.41, 5.74) is 0.356. The zero-order chi connectivity index (χ0) is 15.4. The Kier molecular flexibility index (Phi) is 4.98. The molecule has 0 saturated heterocycles. The average molecular weight is 373 g/mol. The van der Waals surface area contributed by atoms with Crippen LogP contribution in [0, 0.1) is 0 Å². The van der Waals surface area contributed by atoms with Crippen LogP contribution in [0.1, 0.15) is 20.8 Å². The minimum Gasteiger partial charge on any atom is -0.476 e. The van der Waals surface area contributed by atoms with E-state index in [9.17, 15) is 9.59 Å². The van der Waals surface area contributed by atoms with Crippen LogP contribution in [0.15, 0.2) is 35.2 Å². The number of aromatic nitrogens is 2. The summed E-state index contributed by atoms with van der Waals surface area (Å²) >= 11 is 9.26. The lowest BCUT2D eigenvalue weighted by Gasteiger charge is -2.07. The number of nitrogens with zero attached hydrogens (tertiary/aromatic N) is 2. The molecule has 0 radical (unpaired) electrons. The fourth-order valence-electron chi connectivity index (χ4n) is 1.66. The van der Waals surface area contributed by atoms with Gasteiger partial charge in [-0.05, 0) is 18.2 Å². The molecule has 0 atom stereocenters. The third-order valence-corrected chi connectivity index (χ3v) is 3.49. The number of aromatic carboxylic acids is 1. The molecule has 0 fully saturated rings. The zero-order valence-corrected chi connectivity index (χ0v) is 13.1. The average Bonchev–Trinajstić information content (AvgIpc) is 2.87. The number of hydrogen-bond acceptors (Lipinski definition) is 3. The highest BCUT2D eigenvalue weighted by atomic mass is 79.9. The molecule has 1 heterocycles. The fraction of sp³-hybridized carbons (Fsp3) is 0.154. The standard InChI is InChI=1S/C13H11BrClN3O3/c14-8-1-2-9(10(15)5-8)12(19)16-3-4-18-6-11(13(20)21)17-7-18/h1-2,5-7H,3-4H2,(H,16,19)(H,20,21). The van der Waals surface area contributed by atoms with Gasteiger partial charge in [-0.25, -0.2) is 9.78 Å². The summed E-state index contributed by atoms with van der Waals surface area (Å²) < 4.78 is 2.39. The Morgan fingerprint density at radius 3 is 2.81 bits per heavy atom. The van der Waals surface area contributed by atoms with E-state index < -0.39 is 5.97 Å². The van der Waals surface area contributed by atoms with Crippen LogP contribution in [-0.2, 0) is 6.54 Å². The Balaban J connectivity index is 1.90. The molecule has 2 aromatic rings. The van der Waals surface area contributed by atoms with Gasteiger partial charge in [0.1, 0.15) is 0 Å². The summed E-state index contributed by atoms with van der Waals surface area (Å²) in [6, 6.07) is 5.00. The molecule has 1 aromatic heterocycles. The van der Waals surface area contributed by atoms with E-state index in [0.717, 1.165) is 4.47 Å². The summed E-state index contributed by atoms with van der Waals surface area (Å²) in [6.45, 7) is 0.751. The summed E-state index contributed by atoms with van der Waals surface area (Å²) in [6.07, 6.45) is 2.81. The number of carbonyl (C=O) groups is 2. The molecular formula is C13H11BrClN3O3. The van der Waals surface area contributed by atoms with Crippen molar-refractivity contribution in [1.82, 2.24) is 14.9 Å². The van der Waals surface area contributed by atoms with E-state index in [1.807, 2.05) is 0 Å². The van der Waals surface area contributed by atoms with E-state index in [4.69, 9.17) is 16.7 Å². The smallest absolute Gasteiger partial charge is 0.356 e. The molecule has 8 heteroatoms. The highest BCUT2D eigenvalue weighted by Gasteiger charge is 2.10. The van der Waals surface area contributed by atoms with Gasteiger partial charge in [-0.1, -0.05) is 27.5 Å². The van der Waals surface area contributed by atoms with E-state index in [1.54, 1.807) is 22.8 Å². The maximum absolute atomic E-state index is 12.0. The van der Waals surface area contributed by atoms with E-state index in [0.29, 0.717) is 23.7 Å². The number of hydrogen-bond donors (Lipinski definition) is 2. The topological polar surface area (TPSA) is 84.2 Å². The first-order valence-corrected chi connectivity index (χ1v) is 7.13. The lowest BCUT2D eigenvalue weighted by atomic mass is 10.2. The molecule has 0 aliphatic carbocycles. The van der Waals surface area contributed by atoms with Crippen LogP contribution >= 0.6 is 27.5 Å². The Bertz CT molecular complexity index is 687. The second kappa shape index (κ2) is 6.73. The third kappa shape index (κ3) is 4.05. The number of benzene rings is 1. The molecule has 2 rings (SSSR count). The van der Waals surface area contributed by atoms with Crippen LogP contribution in [0.3, 0.4) is 0 Å². The number of carboxylic acids is 1. The van der Waals surface area contributed by atoms with Gasteiger partial charge in [-0.15, -0.1) is 0 Å². The summed E-state index contributed by atoms with van der Waals surface area (Å²) in [5.74, 6) is -1.37. The van der Waals surface area contributed by atoms with Crippen molar-refractivity contribution < 1.29 is 14.7 Å². The third-order valence-electron chi connectivity index (χ3n) is 2.68. The normalized spacial score (nSPS) is 10.4. The van der Waals surface area contributed by atoms with E-state index in [1.165, 1.54) is 12.5 Å². The molecule has 0 spiro atoms. The number of imidazole rings is 1. The molecule has 0 unspecified atom stereocenters. The van der Waals surface area contributed by atoms with Crippen molar-refractivity contribution in [2.24, 2.45) is 0 Å². The minimum atomic E-state index is -1.08. The van der Waals surface area contributed by atoms with Gasteiger partial charge in [-0.3, -0.25) is 4.79 Å². The first-order valence-electron chi connectivity index (χ1n) is 5.95. The zero-order valence-electron chi connectivity index (χ0n) is 10.7. The number of carboxylic acid groups (broad SMARTS) is 1. The summed E-state index contributed by atoms with van der Waals surface area (Å²) in [4.78, 5) is 26.4. The van der Waals surface area contributed by atoms with Gasteiger partial charge in [0.15, 0.2) is 5.69 Å². The second-order valence-corrected chi connectivity index (χ2v) is 5.50. The van der Waals surface area contributed by atoms with Crippen LogP contribution in [0.5, 0.6) is 0 Å². The second-order valence-electron chi connectivity index (χ2n) is 4.18. The van der Waals surface area contributed by atoms with E-state index in [2.05, 4.69) is 26.2 Å². The molecule has 1 amide bonds. The van der Waals surface area contributed by atoms with E-state index >= 15 is 0 Å². The maximum atomic E-state index is 12.0. The van der Waals surface area contributed by atoms with Crippen molar-refractivity contribution in [2.75, 3.05) is 6.54 Å². The molecule has 1 aromatic carbocycles. The van der Waals surface area contributed by atoms with Gasteiger partial charge >= 0.3 is 5.97 Å². The number of nitrogens with one attached hydrogen (secondary N) is 1. The number of halogens is 2. The number of amides is 1. The van der Waals surface area contributed by atoms with Crippen LogP contribution in [0.2, 0.25) is 5.02 Å². The highest BCUT2D eigenvalue weighted by molar-refractivity contribution is 9.10. The van der Waals surface area contributed by atoms with Gasteiger partial charge in [-0.2, -0.15) is 0 Å². The Labute approximate surface area is 133 Å². The van der Waals surface area contributed by atoms with Crippen LogP contribution in [0.25, 0.3) is 0 Å². The predicted molar refractivity (Wildman–Crippen MR) is 80.7 cm³/mol. The molecule has 0 bridgehead atoms. The van der Waals surface area contributed by atoms with Crippen LogP contribution in [0.4, 0.5) is 0 Å². The Hall–Kier alpha value is -1.86. The summed E-state index contributed by atoms with van der Waals surface area (Å²) in [5, 5.41) is 11.8. The van der Waals surface area contributed by atoms with Gasteiger partial charge < -0.3 is 15.0 Å². The Morgan fingerprint density at radius 2 is 2.19 bits per heavy atom. The molecule has 2 N–H and O–H groups in total. The largest absolute Gasteiger partial charge is 0.476 e. The van der Waals surface area contributed by atoms with E-state index in [-0.39, 0.29) is 11.6 Å². The van der Waals surface area contributed by atoms with Crippen molar-refractivity contribution in [3.63, 3.8) is 0 Å². The summed E-state index contributed by atoms with van der Waals surface area (Å²) in [7, 11) is 0. The number of carbonyl (C=O) groups excluding carboxylic acids is 1.